The molecule has 2 N–H and O–H groups in total. The maximum Gasteiger partial charge on any atom is 0.225 e. The predicted octanol–water partition coefficient (Wildman–Crippen LogP) is 3.88. The molecule has 0 amide bonds. The minimum atomic E-state index is 0.645. The topological polar surface area (TPSA) is 49.8 Å². The Bertz CT molecular complexity index is 784. The molecule has 0 bridgehead atoms. The molecule has 116 valence electrons. The van der Waals surface area contributed by atoms with E-state index in [1.165, 1.54) is 5.56 Å². The van der Waals surface area contributed by atoms with Crippen LogP contribution in [0.4, 0.5) is 11.8 Å². The Hall–Kier alpha value is -2.88. The van der Waals surface area contributed by atoms with Gasteiger partial charge in [0, 0.05) is 18.5 Å². The summed E-state index contributed by atoms with van der Waals surface area (Å²) in [4.78, 5) is 9.18. The van der Waals surface area contributed by atoms with Crippen LogP contribution in [0.25, 0.3) is 10.9 Å². The van der Waals surface area contributed by atoms with Crippen molar-refractivity contribution in [1.29, 1.82) is 0 Å². The molecule has 0 saturated carbocycles. The van der Waals surface area contributed by atoms with Gasteiger partial charge in [0.2, 0.25) is 5.95 Å². The van der Waals surface area contributed by atoms with Gasteiger partial charge in [-0.1, -0.05) is 48.5 Å². The Morgan fingerprint density at radius 2 is 1.70 bits per heavy atom. The normalized spacial score (nSPS) is 10.4. The van der Waals surface area contributed by atoms with Crippen LogP contribution in [-0.4, -0.2) is 23.1 Å². The number of hydrogen-bond acceptors (Lipinski definition) is 4. The van der Waals surface area contributed by atoms with E-state index in [0.717, 1.165) is 29.7 Å². The number of para-hydroxylation sites is 1. The van der Waals surface area contributed by atoms with E-state index in [4.69, 9.17) is 0 Å². The molecular weight excluding hydrogens is 284 g/mol. The summed E-state index contributed by atoms with van der Waals surface area (Å²) in [5.74, 6) is 1.48. The van der Waals surface area contributed by atoms with Gasteiger partial charge in [0.05, 0.1) is 5.52 Å². The third-order valence-electron chi connectivity index (χ3n) is 3.56. The maximum atomic E-state index is 4.59. The molecule has 0 radical (unpaired) electrons. The summed E-state index contributed by atoms with van der Waals surface area (Å²) in [7, 11) is 0. The quantitative estimate of drug-likeness (QED) is 0.650. The van der Waals surface area contributed by atoms with Gasteiger partial charge < -0.3 is 10.6 Å². The zero-order chi connectivity index (χ0) is 15.9. The van der Waals surface area contributed by atoms with Crippen molar-refractivity contribution >= 4 is 22.7 Å². The van der Waals surface area contributed by atoms with Crippen LogP contribution in [0.3, 0.4) is 0 Å². The van der Waals surface area contributed by atoms with Crippen molar-refractivity contribution in [3.63, 3.8) is 0 Å². The molecule has 0 aliphatic carbocycles. The molecule has 1 aromatic heterocycles. The third kappa shape index (κ3) is 3.86. The average Bonchev–Trinajstić information content (AvgIpc) is 2.60. The van der Waals surface area contributed by atoms with E-state index in [-0.39, 0.29) is 0 Å². The summed E-state index contributed by atoms with van der Waals surface area (Å²) in [6.45, 7) is 5.21. The highest BCUT2D eigenvalue weighted by atomic mass is 15.1. The van der Waals surface area contributed by atoms with Crippen LogP contribution >= 0.6 is 0 Å². The number of aromatic nitrogens is 2. The second kappa shape index (κ2) is 7.40. The van der Waals surface area contributed by atoms with Crippen molar-refractivity contribution in [2.45, 2.75) is 6.42 Å². The van der Waals surface area contributed by atoms with Crippen LogP contribution in [0.2, 0.25) is 0 Å². The van der Waals surface area contributed by atoms with Gasteiger partial charge in [-0.05, 0) is 24.1 Å². The molecule has 0 unspecified atom stereocenters. The Morgan fingerprint density at radius 1 is 0.913 bits per heavy atom. The molecule has 3 rings (SSSR count). The molecule has 4 heteroatoms. The van der Waals surface area contributed by atoms with Gasteiger partial charge in [-0.15, -0.1) is 6.58 Å². The summed E-state index contributed by atoms with van der Waals surface area (Å²) in [6, 6.07) is 18.4. The Labute approximate surface area is 136 Å². The number of rotatable bonds is 7. The molecule has 23 heavy (non-hydrogen) atoms. The van der Waals surface area contributed by atoms with Crippen LogP contribution in [-0.2, 0) is 6.42 Å². The largest absolute Gasteiger partial charge is 0.366 e. The van der Waals surface area contributed by atoms with Gasteiger partial charge in [-0.2, -0.15) is 4.98 Å². The van der Waals surface area contributed by atoms with E-state index in [0.29, 0.717) is 12.5 Å². The minimum absolute atomic E-state index is 0.645. The van der Waals surface area contributed by atoms with Gasteiger partial charge >= 0.3 is 0 Å². The van der Waals surface area contributed by atoms with Crippen molar-refractivity contribution in [2.24, 2.45) is 0 Å². The SMILES string of the molecule is C=CCNc1nc(NCCc2ccccc2)nc2ccccc12. The van der Waals surface area contributed by atoms with E-state index in [9.17, 15) is 0 Å². The molecule has 0 atom stereocenters. The van der Waals surface area contributed by atoms with Gasteiger partial charge in [0.1, 0.15) is 5.82 Å². The fraction of sp³-hybridized carbons (Fsp3) is 0.158. The number of nitrogens with zero attached hydrogens (tertiary/aromatic N) is 2. The smallest absolute Gasteiger partial charge is 0.225 e. The van der Waals surface area contributed by atoms with Crippen LogP contribution in [0.1, 0.15) is 5.56 Å². The average molecular weight is 304 g/mol. The van der Waals surface area contributed by atoms with Crippen LogP contribution < -0.4 is 10.6 Å². The first-order chi connectivity index (χ1) is 11.4. The molecular formula is C19H20N4. The summed E-state index contributed by atoms with van der Waals surface area (Å²) < 4.78 is 0. The number of benzene rings is 2. The maximum absolute atomic E-state index is 4.59. The van der Waals surface area contributed by atoms with Gasteiger partial charge in [-0.25, -0.2) is 4.98 Å². The number of anilines is 2. The highest BCUT2D eigenvalue weighted by Gasteiger charge is 2.06. The van der Waals surface area contributed by atoms with Crippen LogP contribution in [0, 0.1) is 0 Å². The van der Waals surface area contributed by atoms with Crippen molar-refractivity contribution in [1.82, 2.24) is 9.97 Å². The monoisotopic (exact) mass is 304 g/mol. The standard InChI is InChI=1S/C19H20N4/c1-2-13-20-18-16-10-6-7-11-17(16)22-19(23-18)21-14-12-15-8-4-3-5-9-15/h2-11H,1,12-14H2,(H2,20,21,22,23). The molecule has 0 aliphatic rings. The van der Waals surface area contributed by atoms with Crippen molar-refractivity contribution in [2.75, 3.05) is 23.7 Å². The predicted molar refractivity (Wildman–Crippen MR) is 96.9 cm³/mol. The molecule has 4 nitrogen and oxygen atoms in total. The Morgan fingerprint density at radius 3 is 2.52 bits per heavy atom. The highest BCUT2D eigenvalue weighted by Crippen LogP contribution is 2.21. The van der Waals surface area contributed by atoms with E-state index in [2.05, 4.69) is 51.4 Å². The second-order valence-corrected chi connectivity index (χ2v) is 5.24. The van der Waals surface area contributed by atoms with E-state index in [1.807, 2.05) is 36.4 Å². The van der Waals surface area contributed by atoms with Crippen LogP contribution in [0.15, 0.2) is 67.3 Å². The van der Waals surface area contributed by atoms with Gasteiger partial charge in [0.15, 0.2) is 0 Å². The first-order valence-electron chi connectivity index (χ1n) is 7.76. The first-order valence-corrected chi connectivity index (χ1v) is 7.76. The zero-order valence-electron chi connectivity index (χ0n) is 13.0. The van der Waals surface area contributed by atoms with Crippen molar-refractivity contribution in [3.05, 3.63) is 72.8 Å². The molecule has 0 fully saturated rings. The lowest BCUT2D eigenvalue weighted by atomic mass is 10.1. The van der Waals surface area contributed by atoms with Gasteiger partial charge in [-0.3, -0.25) is 0 Å². The fourth-order valence-electron chi connectivity index (χ4n) is 2.42. The lowest BCUT2D eigenvalue weighted by molar-refractivity contribution is 0.990. The molecule has 2 aromatic carbocycles. The molecule has 0 saturated heterocycles. The van der Waals surface area contributed by atoms with Crippen molar-refractivity contribution < 1.29 is 0 Å². The molecule has 0 aliphatic heterocycles. The Balaban J connectivity index is 1.76. The van der Waals surface area contributed by atoms with Crippen molar-refractivity contribution in [3.8, 4) is 0 Å². The lowest BCUT2D eigenvalue weighted by Gasteiger charge is -2.11. The summed E-state index contributed by atoms with van der Waals surface area (Å²) in [6.07, 6.45) is 2.76. The van der Waals surface area contributed by atoms with Crippen LogP contribution in [0.5, 0.6) is 0 Å². The summed E-state index contributed by atoms with van der Waals surface area (Å²) in [5, 5.41) is 7.61. The van der Waals surface area contributed by atoms with E-state index in [1.54, 1.807) is 0 Å². The van der Waals surface area contributed by atoms with E-state index >= 15 is 0 Å². The zero-order valence-corrected chi connectivity index (χ0v) is 13.0. The van der Waals surface area contributed by atoms with E-state index < -0.39 is 0 Å². The Kier molecular flexibility index (Phi) is 4.84. The third-order valence-corrected chi connectivity index (χ3v) is 3.56. The minimum Gasteiger partial charge on any atom is -0.366 e. The van der Waals surface area contributed by atoms with Gasteiger partial charge in [0.25, 0.3) is 0 Å². The summed E-state index contributed by atoms with van der Waals surface area (Å²) in [5.41, 5.74) is 2.22. The lowest BCUT2D eigenvalue weighted by Crippen LogP contribution is -2.10. The number of nitrogens with one attached hydrogen (secondary N) is 2. The number of hydrogen-bond donors (Lipinski definition) is 2. The second-order valence-electron chi connectivity index (χ2n) is 5.24. The highest BCUT2D eigenvalue weighted by molar-refractivity contribution is 5.90. The molecule has 1 heterocycles. The number of fused-ring (bicyclic) bond motifs is 1. The fourth-order valence-corrected chi connectivity index (χ4v) is 2.42. The summed E-state index contributed by atoms with van der Waals surface area (Å²) >= 11 is 0. The first kappa shape index (κ1) is 15.0. The molecule has 0 spiro atoms. The molecule has 3 aromatic rings.